The molecule has 0 saturated carbocycles. The van der Waals surface area contributed by atoms with E-state index < -0.39 is 0 Å². The van der Waals surface area contributed by atoms with Gasteiger partial charge in [0.15, 0.2) is 0 Å². The summed E-state index contributed by atoms with van der Waals surface area (Å²) in [5.41, 5.74) is 9.27. The van der Waals surface area contributed by atoms with Gasteiger partial charge in [0.1, 0.15) is 5.82 Å². The van der Waals surface area contributed by atoms with Crippen LogP contribution in [-0.4, -0.2) is 14.1 Å². The number of aromatic nitrogens is 3. The van der Waals surface area contributed by atoms with Crippen molar-refractivity contribution in [3.8, 4) is 22.8 Å². The van der Waals surface area contributed by atoms with Crippen LogP contribution < -0.4 is 0 Å². The number of thiophene rings is 1. The Bertz CT molecular complexity index is 3240. The zero-order valence-electron chi connectivity index (χ0n) is 29.8. The first-order chi connectivity index (χ1) is 25.9. The molecule has 0 radical (unpaired) electrons. The summed E-state index contributed by atoms with van der Waals surface area (Å²) in [6.07, 6.45) is 0. The van der Waals surface area contributed by atoms with Gasteiger partial charge in [-0.25, -0.2) is 4.98 Å². The summed E-state index contributed by atoms with van der Waals surface area (Å²) in [6, 6.07) is 57.7. The third-order valence-electron chi connectivity index (χ3n) is 11.1. The molecular formula is C49H35N3S. The SMILES string of the molecule is CC(C)(C)c1ccc2sc3ccc4c(c3c2c1)c1c2ccccc2c2ccccc2c1n4-c1ccc(-c2nc3ccccc3n2-c2ccccc2)cc1. The van der Waals surface area contributed by atoms with Crippen molar-refractivity contribution in [1.82, 2.24) is 14.1 Å². The van der Waals surface area contributed by atoms with Crippen LogP contribution in [0.4, 0.5) is 0 Å². The first-order valence-electron chi connectivity index (χ1n) is 18.3. The summed E-state index contributed by atoms with van der Waals surface area (Å²) in [4.78, 5) is 5.17. The Morgan fingerprint density at radius 2 is 1.11 bits per heavy atom. The molecular weight excluding hydrogens is 663 g/mol. The Kier molecular flexibility index (Phi) is 6.39. The van der Waals surface area contributed by atoms with Crippen LogP contribution in [0.3, 0.4) is 0 Å². The minimum Gasteiger partial charge on any atom is -0.309 e. The van der Waals surface area contributed by atoms with Crippen molar-refractivity contribution in [3.63, 3.8) is 0 Å². The van der Waals surface area contributed by atoms with Gasteiger partial charge >= 0.3 is 0 Å². The van der Waals surface area contributed by atoms with E-state index in [0.29, 0.717) is 0 Å². The highest BCUT2D eigenvalue weighted by atomic mass is 32.1. The highest BCUT2D eigenvalue weighted by Gasteiger charge is 2.24. The maximum Gasteiger partial charge on any atom is 0.145 e. The molecule has 0 aliphatic heterocycles. The van der Waals surface area contributed by atoms with E-state index in [1.807, 2.05) is 11.3 Å². The highest BCUT2D eigenvalue weighted by Crippen LogP contribution is 2.48. The van der Waals surface area contributed by atoms with Crippen LogP contribution in [0.5, 0.6) is 0 Å². The van der Waals surface area contributed by atoms with Gasteiger partial charge in [0.05, 0.1) is 22.1 Å². The summed E-state index contributed by atoms with van der Waals surface area (Å²) in [6.45, 7) is 6.92. The zero-order chi connectivity index (χ0) is 35.4. The molecule has 8 aromatic carbocycles. The lowest BCUT2D eigenvalue weighted by atomic mass is 9.86. The minimum atomic E-state index is 0.0517. The third-order valence-corrected chi connectivity index (χ3v) is 12.2. The van der Waals surface area contributed by atoms with Gasteiger partial charge in [-0.2, -0.15) is 0 Å². The second-order valence-electron chi connectivity index (χ2n) is 15.2. The number of nitrogens with zero attached hydrogens (tertiary/aromatic N) is 3. The fourth-order valence-corrected chi connectivity index (χ4v) is 9.67. The van der Waals surface area contributed by atoms with Crippen molar-refractivity contribution in [2.45, 2.75) is 26.2 Å². The molecule has 0 amide bonds. The molecule has 53 heavy (non-hydrogen) atoms. The van der Waals surface area contributed by atoms with E-state index in [-0.39, 0.29) is 5.41 Å². The van der Waals surface area contributed by atoms with Crippen LogP contribution in [0, 0.1) is 0 Å². The molecule has 11 aromatic rings. The molecule has 0 N–H and O–H groups in total. The fourth-order valence-electron chi connectivity index (χ4n) is 8.58. The molecule has 3 nitrogen and oxygen atoms in total. The van der Waals surface area contributed by atoms with Crippen molar-refractivity contribution in [2.24, 2.45) is 0 Å². The summed E-state index contributed by atoms with van der Waals surface area (Å²) >= 11 is 1.90. The maximum atomic E-state index is 5.17. The van der Waals surface area contributed by atoms with E-state index in [1.165, 1.54) is 69.1 Å². The van der Waals surface area contributed by atoms with Gasteiger partial charge < -0.3 is 4.57 Å². The van der Waals surface area contributed by atoms with E-state index in [4.69, 9.17) is 4.98 Å². The Morgan fingerprint density at radius 1 is 0.472 bits per heavy atom. The molecule has 0 unspecified atom stereocenters. The lowest BCUT2D eigenvalue weighted by Gasteiger charge is -2.19. The average molecular weight is 698 g/mol. The lowest BCUT2D eigenvalue weighted by molar-refractivity contribution is 0.591. The number of hydrogen-bond donors (Lipinski definition) is 0. The maximum absolute atomic E-state index is 5.17. The fraction of sp³-hybridized carbons (Fsp3) is 0.0816. The van der Waals surface area contributed by atoms with Gasteiger partial charge in [0, 0.05) is 53.3 Å². The quantitative estimate of drug-likeness (QED) is 0.169. The predicted octanol–water partition coefficient (Wildman–Crippen LogP) is 13.8. The van der Waals surface area contributed by atoms with Crippen LogP contribution >= 0.6 is 11.3 Å². The van der Waals surface area contributed by atoms with E-state index in [9.17, 15) is 0 Å². The van der Waals surface area contributed by atoms with Crippen molar-refractivity contribution in [1.29, 1.82) is 0 Å². The molecule has 3 heterocycles. The van der Waals surface area contributed by atoms with Crippen molar-refractivity contribution < 1.29 is 0 Å². The van der Waals surface area contributed by atoms with Gasteiger partial charge in [-0.15, -0.1) is 11.3 Å². The highest BCUT2D eigenvalue weighted by molar-refractivity contribution is 7.26. The number of para-hydroxylation sites is 3. The Hall–Kier alpha value is -6.23. The summed E-state index contributed by atoms with van der Waals surface area (Å²) < 4.78 is 7.44. The lowest BCUT2D eigenvalue weighted by Crippen LogP contribution is -2.10. The van der Waals surface area contributed by atoms with E-state index in [1.54, 1.807) is 0 Å². The summed E-state index contributed by atoms with van der Waals surface area (Å²) in [7, 11) is 0. The second-order valence-corrected chi connectivity index (χ2v) is 16.3. The van der Waals surface area contributed by atoms with E-state index >= 15 is 0 Å². The normalized spacial score (nSPS) is 12.4. The molecule has 3 aromatic heterocycles. The number of benzene rings is 8. The van der Waals surface area contributed by atoms with Gasteiger partial charge in [-0.05, 0) is 99.9 Å². The second kappa shape index (κ2) is 11.1. The van der Waals surface area contributed by atoms with Crippen LogP contribution in [-0.2, 0) is 5.41 Å². The molecule has 0 atom stereocenters. The van der Waals surface area contributed by atoms with Gasteiger partial charge in [0.2, 0.25) is 0 Å². The molecule has 0 spiro atoms. The zero-order valence-corrected chi connectivity index (χ0v) is 30.6. The predicted molar refractivity (Wildman–Crippen MR) is 227 cm³/mol. The Balaban J connectivity index is 1.24. The topological polar surface area (TPSA) is 22.8 Å². The Morgan fingerprint density at radius 3 is 1.89 bits per heavy atom. The van der Waals surface area contributed by atoms with Crippen LogP contribution in [0.2, 0.25) is 0 Å². The molecule has 0 fully saturated rings. The van der Waals surface area contributed by atoms with Gasteiger partial charge in [-0.3, -0.25) is 4.57 Å². The number of imidazole rings is 1. The van der Waals surface area contributed by atoms with Crippen molar-refractivity contribution in [3.05, 3.63) is 163 Å². The summed E-state index contributed by atoms with van der Waals surface area (Å²) in [5, 5.41) is 10.4. The molecule has 4 heteroatoms. The van der Waals surface area contributed by atoms with Crippen LogP contribution in [0.25, 0.3) is 97.3 Å². The Labute approximate surface area is 311 Å². The molecule has 0 aliphatic rings. The van der Waals surface area contributed by atoms with Gasteiger partial charge in [0.25, 0.3) is 0 Å². The number of hydrogen-bond acceptors (Lipinski definition) is 2. The van der Waals surface area contributed by atoms with Crippen molar-refractivity contribution >= 4 is 85.9 Å². The first kappa shape index (κ1) is 30.4. The summed E-state index contributed by atoms with van der Waals surface area (Å²) in [5.74, 6) is 0.934. The first-order valence-corrected chi connectivity index (χ1v) is 19.1. The smallest absolute Gasteiger partial charge is 0.145 e. The molecule has 11 rings (SSSR count). The minimum absolute atomic E-state index is 0.0517. The van der Waals surface area contributed by atoms with Crippen LogP contribution in [0.15, 0.2) is 158 Å². The monoisotopic (exact) mass is 697 g/mol. The number of rotatable bonds is 3. The largest absolute Gasteiger partial charge is 0.309 e. The van der Waals surface area contributed by atoms with Crippen LogP contribution in [0.1, 0.15) is 26.3 Å². The molecule has 0 saturated heterocycles. The number of fused-ring (bicyclic) bond motifs is 13. The average Bonchev–Trinajstić information content (AvgIpc) is 3.88. The van der Waals surface area contributed by atoms with Gasteiger partial charge in [-0.1, -0.05) is 106 Å². The standard InChI is InChI=1S/C49H35N3S/c1-49(2,3)31-23-27-42-38(29-31)44-43(53-42)28-26-41-46(44)45-36-17-9-7-15-34(36)35-16-8-10-18-37(35)47(45)51(41)33-24-21-30(22-25-33)48-50-39-19-11-12-20-40(39)52(48)32-13-5-4-6-14-32/h4-29H,1-3H3. The molecule has 0 aliphatic carbocycles. The molecule has 252 valence electrons. The van der Waals surface area contributed by atoms with E-state index in [0.717, 1.165) is 33.8 Å². The molecule has 0 bridgehead atoms. The van der Waals surface area contributed by atoms with Crippen molar-refractivity contribution in [2.75, 3.05) is 0 Å². The van der Waals surface area contributed by atoms with E-state index in [2.05, 4.69) is 188 Å². The third kappa shape index (κ3) is 4.43.